The van der Waals surface area contributed by atoms with Crippen LogP contribution in [0.2, 0.25) is 0 Å². The van der Waals surface area contributed by atoms with Crippen LogP contribution in [0.15, 0.2) is 49.9 Å². The summed E-state index contributed by atoms with van der Waals surface area (Å²) >= 11 is 3.45. The van der Waals surface area contributed by atoms with Gasteiger partial charge in [-0.1, -0.05) is 41.9 Å². The molecule has 0 saturated heterocycles. The van der Waals surface area contributed by atoms with Gasteiger partial charge in [0.05, 0.1) is 0 Å². The number of amides is 1. The van der Waals surface area contributed by atoms with E-state index in [1.165, 1.54) is 5.56 Å². The van der Waals surface area contributed by atoms with E-state index in [0.29, 0.717) is 11.3 Å². The second kappa shape index (κ2) is 7.83. The zero-order valence-corrected chi connectivity index (χ0v) is 18.0. The van der Waals surface area contributed by atoms with Crippen LogP contribution in [0.25, 0.3) is 22.2 Å². The number of hydrogen-bond acceptors (Lipinski definition) is 5. The number of halogens is 1. The Morgan fingerprint density at radius 2 is 1.93 bits per heavy atom. The lowest BCUT2D eigenvalue weighted by molar-refractivity contribution is 0.0997. The molecule has 0 spiro atoms. The van der Waals surface area contributed by atoms with E-state index in [4.69, 9.17) is 9.05 Å². The van der Waals surface area contributed by atoms with Gasteiger partial charge >= 0.3 is 0 Å². The first-order valence-corrected chi connectivity index (χ1v) is 10.3. The zero-order valence-electron chi connectivity index (χ0n) is 16.4. The van der Waals surface area contributed by atoms with Gasteiger partial charge in [0.25, 0.3) is 5.91 Å². The number of fused-ring (bicyclic) bond motifs is 1. The van der Waals surface area contributed by atoms with Crippen LogP contribution in [0.4, 0.5) is 5.82 Å². The van der Waals surface area contributed by atoms with Gasteiger partial charge in [0.2, 0.25) is 5.82 Å². The summed E-state index contributed by atoms with van der Waals surface area (Å²) in [4.78, 5) is 12.9. The number of aromatic nitrogens is 2. The number of carbonyl (C=O) groups excluding carboxylic acids is 1. The fourth-order valence-corrected chi connectivity index (χ4v) is 3.75. The molecule has 2 heterocycles. The van der Waals surface area contributed by atoms with E-state index in [0.717, 1.165) is 39.4 Å². The van der Waals surface area contributed by atoms with Crippen molar-refractivity contribution in [3.63, 3.8) is 0 Å². The second-order valence-electron chi connectivity index (χ2n) is 6.81. The van der Waals surface area contributed by atoms with Gasteiger partial charge in [-0.15, -0.1) is 0 Å². The van der Waals surface area contributed by atoms with Crippen molar-refractivity contribution in [3.05, 3.63) is 63.3 Å². The van der Waals surface area contributed by atoms with Crippen molar-refractivity contribution in [1.82, 2.24) is 10.3 Å². The minimum atomic E-state index is -0.392. The molecule has 29 heavy (non-hydrogen) atoms. The number of nitrogens with zero attached hydrogens (tertiary/aromatic N) is 2. The maximum atomic E-state index is 12.9. The van der Waals surface area contributed by atoms with Gasteiger partial charge in [0.15, 0.2) is 11.5 Å². The fraction of sp³-hybridized carbons (Fsp3) is 0.227. The van der Waals surface area contributed by atoms with Crippen molar-refractivity contribution < 1.29 is 13.8 Å². The monoisotopic (exact) mass is 453 g/mol. The molecule has 2 aromatic carbocycles. The molecule has 0 aliphatic heterocycles. The third-order valence-electron chi connectivity index (χ3n) is 5.04. The van der Waals surface area contributed by atoms with E-state index < -0.39 is 5.91 Å². The summed E-state index contributed by atoms with van der Waals surface area (Å²) in [5.74, 6) is 0.125. The molecule has 0 atom stereocenters. The molecule has 0 saturated carbocycles. The zero-order chi connectivity index (χ0) is 20.5. The number of anilines is 1. The SMILES string of the molecule is CCc1ccc(CC)c(-c2nonc2NC(=O)c2oc3ccc(Br)cc3c2C)c1. The Kier molecular flexibility index (Phi) is 5.24. The van der Waals surface area contributed by atoms with Crippen molar-refractivity contribution in [3.8, 4) is 11.3 Å². The topological polar surface area (TPSA) is 81.2 Å². The van der Waals surface area contributed by atoms with Crippen LogP contribution < -0.4 is 5.32 Å². The average Bonchev–Trinajstić information content (AvgIpc) is 3.32. The quantitative estimate of drug-likeness (QED) is 0.404. The third-order valence-corrected chi connectivity index (χ3v) is 5.54. The van der Waals surface area contributed by atoms with Crippen molar-refractivity contribution >= 4 is 38.6 Å². The van der Waals surface area contributed by atoms with E-state index in [1.54, 1.807) is 0 Å². The fourth-order valence-electron chi connectivity index (χ4n) is 3.39. The first-order chi connectivity index (χ1) is 14.0. The predicted molar refractivity (Wildman–Crippen MR) is 115 cm³/mol. The highest BCUT2D eigenvalue weighted by Crippen LogP contribution is 2.32. The Bertz CT molecular complexity index is 1210. The van der Waals surface area contributed by atoms with E-state index in [9.17, 15) is 4.79 Å². The summed E-state index contributed by atoms with van der Waals surface area (Å²) in [5, 5.41) is 11.7. The lowest BCUT2D eigenvalue weighted by Crippen LogP contribution is -2.13. The summed E-state index contributed by atoms with van der Waals surface area (Å²) in [6.45, 7) is 6.03. The molecule has 0 unspecified atom stereocenters. The number of hydrogen-bond donors (Lipinski definition) is 1. The van der Waals surface area contributed by atoms with E-state index in [2.05, 4.69) is 63.6 Å². The summed E-state index contributed by atoms with van der Waals surface area (Å²) < 4.78 is 11.7. The Morgan fingerprint density at radius 1 is 1.10 bits per heavy atom. The highest BCUT2D eigenvalue weighted by molar-refractivity contribution is 9.10. The minimum Gasteiger partial charge on any atom is -0.451 e. The summed E-state index contributed by atoms with van der Waals surface area (Å²) in [7, 11) is 0. The van der Waals surface area contributed by atoms with Gasteiger partial charge in [-0.25, -0.2) is 4.63 Å². The van der Waals surface area contributed by atoms with E-state index in [-0.39, 0.29) is 11.6 Å². The molecule has 1 N–H and O–H groups in total. The second-order valence-corrected chi connectivity index (χ2v) is 7.73. The molecule has 0 aliphatic rings. The Hall–Kier alpha value is -2.93. The summed E-state index contributed by atoms with van der Waals surface area (Å²) in [6.07, 6.45) is 1.73. The van der Waals surface area contributed by atoms with Crippen LogP contribution in [0.3, 0.4) is 0 Å². The normalized spacial score (nSPS) is 11.2. The standard InChI is InChI=1S/C22H20BrN3O3/c1-4-13-6-7-14(5-2)17(10-13)19-21(26-29-25-19)24-22(27)20-12(3)16-11-15(23)8-9-18(16)28-20/h6-11H,4-5H2,1-3H3,(H,24,26,27). The highest BCUT2D eigenvalue weighted by atomic mass is 79.9. The number of aryl methyl sites for hydroxylation is 3. The van der Waals surface area contributed by atoms with Gasteiger partial charge in [-0.05, 0) is 65.5 Å². The molecule has 148 valence electrons. The van der Waals surface area contributed by atoms with Crippen LogP contribution in [0, 0.1) is 6.92 Å². The smallest absolute Gasteiger partial charge is 0.292 e. The van der Waals surface area contributed by atoms with Gasteiger partial charge in [-0.2, -0.15) is 0 Å². The molecule has 4 rings (SSSR count). The highest BCUT2D eigenvalue weighted by Gasteiger charge is 2.22. The first kappa shape index (κ1) is 19.4. The molecular weight excluding hydrogens is 434 g/mol. The predicted octanol–water partition coefficient (Wildman–Crippen LogP) is 5.93. The summed E-state index contributed by atoms with van der Waals surface area (Å²) in [5.41, 5.74) is 5.13. The molecule has 2 aromatic heterocycles. The van der Waals surface area contributed by atoms with Gasteiger partial charge < -0.3 is 4.42 Å². The van der Waals surface area contributed by atoms with Crippen molar-refractivity contribution in [1.29, 1.82) is 0 Å². The maximum absolute atomic E-state index is 12.9. The van der Waals surface area contributed by atoms with Crippen LogP contribution in [-0.4, -0.2) is 16.2 Å². The number of benzene rings is 2. The van der Waals surface area contributed by atoms with Crippen LogP contribution in [-0.2, 0) is 12.8 Å². The minimum absolute atomic E-state index is 0.241. The lowest BCUT2D eigenvalue weighted by atomic mass is 9.98. The van der Waals surface area contributed by atoms with Crippen LogP contribution in [0.5, 0.6) is 0 Å². The van der Waals surface area contributed by atoms with Gasteiger partial charge in [0, 0.05) is 21.0 Å². The summed E-state index contributed by atoms with van der Waals surface area (Å²) in [6, 6.07) is 11.9. The van der Waals surface area contributed by atoms with E-state index >= 15 is 0 Å². The molecule has 0 aliphatic carbocycles. The molecule has 7 heteroatoms. The van der Waals surface area contributed by atoms with Crippen molar-refractivity contribution in [2.75, 3.05) is 5.32 Å². The van der Waals surface area contributed by atoms with Crippen molar-refractivity contribution in [2.45, 2.75) is 33.6 Å². The number of nitrogens with one attached hydrogen (secondary N) is 1. The van der Waals surface area contributed by atoms with Crippen molar-refractivity contribution in [2.24, 2.45) is 0 Å². The average molecular weight is 454 g/mol. The Balaban J connectivity index is 1.70. The number of carbonyl (C=O) groups is 1. The van der Waals surface area contributed by atoms with Crippen LogP contribution >= 0.6 is 15.9 Å². The number of furan rings is 1. The van der Waals surface area contributed by atoms with Gasteiger partial charge in [-0.3, -0.25) is 10.1 Å². The maximum Gasteiger partial charge on any atom is 0.292 e. The molecule has 0 radical (unpaired) electrons. The van der Waals surface area contributed by atoms with Gasteiger partial charge in [0.1, 0.15) is 5.58 Å². The Morgan fingerprint density at radius 3 is 2.69 bits per heavy atom. The largest absolute Gasteiger partial charge is 0.451 e. The Labute approximate surface area is 176 Å². The van der Waals surface area contributed by atoms with Crippen LogP contribution in [0.1, 0.15) is 41.1 Å². The molecule has 1 amide bonds. The molecule has 4 aromatic rings. The lowest BCUT2D eigenvalue weighted by Gasteiger charge is -2.09. The molecule has 0 bridgehead atoms. The van der Waals surface area contributed by atoms with E-state index in [1.807, 2.05) is 25.1 Å². The molecule has 6 nitrogen and oxygen atoms in total. The molecule has 0 fully saturated rings. The third kappa shape index (κ3) is 3.58. The first-order valence-electron chi connectivity index (χ1n) is 9.46. The number of rotatable bonds is 5. The molecular formula is C22H20BrN3O3.